The van der Waals surface area contributed by atoms with Crippen LogP contribution in [-0.2, 0) is 13.6 Å². The summed E-state index contributed by atoms with van der Waals surface area (Å²) in [7, 11) is 1.68. The first-order chi connectivity index (χ1) is 10.1. The molecule has 4 rings (SSSR count). The second-order valence-corrected chi connectivity index (χ2v) is 7.20. The maximum Gasteiger partial charge on any atom is 0.332 e. The number of rotatable bonds is 5. The number of nitrogens with zero attached hydrogens (tertiary/aromatic N) is 3. The van der Waals surface area contributed by atoms with Gasteiger partial charge in [0.05, 0.1) is 0 Å². The van der Waals surface area contributed by atoms with Crippen LogP contribution in [0.2, 0.25) is 0 Å². The van der Waals surface area contributed by atoms with Gasteiger partial charge in [0.2, 0.25) is 0 Å². The molecule has 0 atom stereocenters. The lowest BCUT2D eigenvalue weighted by atomic mass is 10.4. The van der Waals surface area contributed by atoms with Crippen molar-refractivity contribution in [3.8, 4) is 0 Å². The fourth-order valence-electron chi connectivity index (χ4n) is 2.50. The van der Waals surface area contributed by atoms with Crippen molar-refractivity contribution in [1.29, 1.82) is 0 Å². The van der Waals surface area contributed by atoms with Crippen molar-refractivity contribution < 1.29 is 0 Å². The molecule has 2 aromatic heterocycles. The number of aromatic amines is 1. The van der Waals surface area contributed by atoms with Crippen LogP contribution in [0.3, 0.4) is 0 Å². The lowest BCUT2D eigenvalue weighted by molar-refractivity contribution is 0.558. The lowest BCUT2D eigenvalue weighted by Crippen LogP contribution is -2.39. The van der Waals surface area contributed by atoms with Crippen LogP contribution in [0.25, 0.3) is 11.2 Å². The molecule has 2 heterocycles. The molecule has 1 N–H and O–H groups in total. The van der Waals surface area contributed by atoms with E-state index in [2.05, 4.69) is 9.97 Å². The van der Waals surface area contributed by atoms with E-state index >= 15 is 0 Å². The van der Waals surface area contributed by atoms with Crippen LogP contribution in [0.4, 0.5) is 0 Å². The standard InChI is InChI=1S/C14H18N4O2S/c1-17-11-10(15-13(16-11)21-7-9-4-5-9)12(19)18(14(17)20)6-8-2-3-8/h8-9H,2-7H2,1H3,(H,15,16). The fraction of sp³-hybridized carbons (Fsp3) is 0.643. The number of aryl methyl sites for hydroxylation is 1. The average Bonchev–Trinajstić information content (AvgIpc) is 3.39. The number of thioether (sulfide) groups is 1. The minimum absolute atomic E-state index is 0.231. The van der Waals surface area contributed by atoms with Crippen molar-refractivity contribution in [2.45, 2.75) is 37.4 Å². The molecule has 21 heavy (non-hydrogen) atoms. The van der Waals surface area contributed by atoms with Gasteiger partial charge in [0.25, 0.3) is 5.56 Å². The highest BCUT2D eigenvalue weighted by molar-refractivity contribution is 7.99. The topological polar surface area (TPSA) is 72.7 Å². The molecular weight excluding hydrogens is 288 g/mol. The lowest BCUT2D eigenvalue weighted by Gasteiger charge is -2.06. The van der Waals surface area contributed by atoms with Gasteiger partial charge in [-0.05, 0) is 37.5 Å². The van der Waals surface area contributed by atoms with Gasteiger partial charge in [0.1, 0.15) is 0 Å². The zero-order valence-electron chi connectivity index (χ0n) is 12.0. The maximum atomic E-state index is 12.5. The molecule has 7 heteroatoms. The number of nitrogens with one attached hydrogen (secondary N) is 1. The SMILES string of the molecule is Cn1c(=O)n(CC2CC2)c(=O)c2[nH]c(SCC3CC3)nc21. The molecule has 2 saturated carbocycles. The largest absolute Gasteiger partial charge is 0.332 e. The van der Waals surface area contributed by atoms with Gasteiger partial charge in [0.15, 0.2) is 16.3 Å². The molecule has 0 amide bonds. The van der Waals surface area contributed by atoms with Crippen molar-refractivity contribution in [3.63, 3.8) is 0 Å². The van der Waals surface area contributed by atoms with Crippen molar-refractivity contribution in [3.05, 3.63) is 20.8 Å². The Balaban J connectivity index is 1.77. The Morgan fingerprint density at radius 1 is 1.24 bits per heavy atom. The Hall–Kier alpha value is -1.50. The highest BCUT2D eigenvalue weighted by Crippen LogP contribution is 2.34. The summed E-state index contributed by atoms with van der Waals surface area (Å²) in [6.45, 7) is 0.533. The van der Waals surface area contributed by atoms with E-state index in [1.165, 1.54) is 22.0 Å². The van der Waals surface area contributed by atoms with Gasteiger partial charge in [-0.2, -0.15) is 0 Å². The van der Waals surface area contributed by atoms with Crippen LogP contribution in [0.15, 0.2) is 14.7 Å². The first-order valence-electron chi connectivity index (χ1n) is 7.46. The number of imidazole rings is 1. The normalized spacial score (nSPS) is 18.5. The van der Waals surface area contributed by atoms with Crippen LogP contribution in [0.1, 0.15) is 25.7 Å². The summed E-state index contributed by atoms with van der Waals surface area (Å²) in [4.78, 5) is 32.3. The monoisotopic (exact) mass is 306 g/mol. The van der Waals surface area contributed by atoms with Gasteiger partial charge in [-0.15, -0.1) is 0 Å². The summed E-state index contributed by atoms with van der Waals surface area (Å²) in [6, 6.07) is 0. The zero-order chi connectivity index (χ0) is 14.6. The van der Waals surface area contributed by atoms with E-state index in [9.17, 15) is 9.59 Å². The molecule has 0 bridgehead atoms. The molecule has 2 aliphatic rings. The summed E-state index contributed by atoms with van der Waals surface area (Å²) >= 11 is 1.64. The summed E-state index contributed by atoms with van der Waals surface area (Å²) in [5, 5.41) is 0.744. The summed E-state index contributed by atoms with van der Waals surface area (Å²) in [5.74, 6) is 2.31. The van der Waals surface area contributed by atoms with E-state index in [4.69, 9.17) is 0 Å². The Labute approximate surface area is 125 Å². The number of H-pyrrole nitrogens is 1. The molecule has 0 aliphatic heterocycles. The average molecular weight is 306 g/mol. The minimum Gasteiger partial charge on any atom is -0.327 e. The van der Waals surface area contributed by atoms with Gasteiger partial charge in [0, 0.05) is 19.3 Å². The Kier molecular flexibility index (Phi) is 2.99. The van der Waals surface area contributed by atoms with Crippen molar-refractivity contribution in [2.24, 2.45) is 18.9 Å². The van der Waals surface area contributed by atoms with Crippen molar-refractivity contribution in [1.82, 2.24) is 19.1 Å². The van der Waals surface area contributed by atoms with Gasteiger partial charge in [-0.3, -0.25) is 13.9 Å². The molecule has 2 aromatic rings. The van der Waals surface area contributed by atoms with Crippen LogP contribution in [0, 0.1) is 11.8 Å². The summed E-state index contributed by atoms with van der Waals surface area (Å²) in [6.07, 6.45) is 4.80. The molecule has 0 unspecified atom stereocenters. The number of aromatic nitrogens is 4. The van der Waals surface area contributed by atoms with Gasteiger partial charge in [-0.1, -0.05) is 11.8 Å². The smallest absolute Gasteiger partial charge is 0.327 e. The highest BCUT2D eigenvalue weighted by atomic mass is 32.2. The predicted molar refractivity (Wildman–Crippen MR) is 81.8 cm³/mol. The van der Waals surface area contributed by atoms with Gasteiger partial charge >= 0.3 is 5.69 Å². The van der Waals surface area contributed by atoms with E-state index < -0.39 is 0 Å². The Bertz CT molecular complexity index is 811. The molecule has 0 spiro atoms. The Morgan fingerprint density at radius 2 is 1.95 bits per heavy atom. The number of hydrogen-bond donors (Lipinski definition) is 1. The number of hydrogen-bond acceptors (Lipinski definition) is 4. The first kappa shape index (κ1) is 13.2. The molecule has 112 valence electrons. The third-order valence-corrected chi connectivity index (χ3v) is 5.35. The third kappa shape index (κ3) is 2.43. The predicted octanol–water partition coefficient (Wildman–Crippen LogP) is 1.34. The van der Waals surface area contributed by atoms with Gasteiger partial charge in [-0.25, -0.2) is 9.78 Å². The summed E-state index contributed by atoms with van der Waals surface area (Å²) < 4.78 is 2.84. The minimum atomic E-state index is -0.260. The summed E-state index contributed by atoms with van der Waals surface area (Å²) in [5.41, 5.74) is 0.432. The molecule has 6 nitrogen and oxygen atoms in total. The van der Waals surface area contributed by atoms with Crippen LogP contribution in [0.5, 0.6) is 0 Å². The molecule has 0 saturated heterocycles. The van der Waals surface area contributed by atoms with E-state index in [0.717, 1.165) is 29.7 Å². The van der Waals surface area contributed by atoms with E-state index in [1.54, 1.807) is 18.8 Å². The Morgan fingerprint density at radius 3 is 2.62 bits per heavy atom. The highest BCUT2D eigenvalue weighted by Gasteiger charge is 2.26. The molecule has 2 fully saturated rings. The zero-order valence-corrected chi connectivity index (χ0v) is 12.8. The van der Waals surface area contributed by atoms with Crippen molar-refractivity contribution >= 4 is 22.9 Å². The second kappa shape index (κ2) is 4.76. The van der Waals surface area contributed by atoms with Crippen molar-refractivity contribution in [2.75, 3.05) is 5.75 Å². The first-order valence-corrected chi connectivity index (χ1v) is 8.44. The van der Waals surface area contributed by atoms with Crippen LogP contribution >= 0.6 is 11.8 Å². The van der Waals surface area contributed by atoms with Crippen LogP contribution < -0.4 is 11.2 Å². The molecule has 0 aromatic carbocycles. The fourth-order valence-corrected chi connectivity index (χ4v) is 3.55. The second-order valence-electron chi connectivity index (χ2n) is 6.20. The quantitative estimate of drug-likeness (QED) is 0.846. The van der Waals surface area contributed by atoms with E-state index in [0.29, 0.717) is 23.6 Å². The number of fused-ring (bicyclic) bond motifs is 1. The molecule has 0 radical (unpaired) electrons. The van der Waals surface area contributed by atoms with Crippen LogP contribution in [-0.4, -0.2) is 24.9 Å². The molecule has 2 aliphatic carbocycles. The third-order valence-electron chi connectivity index (χ3n) is 4.25. The van der Waals surface area contributed by atoms with Gasteiger partial charge < -0.3 is 4.98 Å². The maximum absolute atomic E-state index is 12.5. The molecular formula is C14H18N4O2S. The van der Waals surface area contributed by atoms with E-state index in [1.807, 2.05) is 0 Å². The van der Waals surface area contributed by atoms with E-state index in [-0.39, 0.29) is 11.2 Å².